The van der Waals surface area contributed by atoms with E-state index in [0.29, 0.717) is 5.19 Å². The normalized spacial score (nSPS) is 12.1. The molecule has 5 nitrogen and oxygen atoms in total. The first-order valence-corrected chi connectivity index (χ1v) is 5.39. The van der Waals surface area contributed by atoms with Crippen LogP contribution in [-0.4, -0.2) is 23.8 Å². The van der Waals surface area contributed by atoms with Crippen molar-refractivity contribution in [1.29, 1.82) is 0 Å². The number of thiazole rings is 1. The van der Waals surface area contributed by atoms with Crippen LogP contribution in [0, 0.1) is 0 Å². The topological polar surface area (TPSA) is 74.4 Å². The molecule has 1 atom stereocenters. The van der Waals surface area contributed by atoms with Gasteiger partial charge in [-0.1, -0.05) is 11.3 Å². The summed E-state index contributed by atoms with van der Waals surface area (Å²) in [6.07, 6.45) is 0.455. The Hall–Kier alpha value is -0.820. The molecule has 0 aliphatic carbocycles. The molecule has 0 radical (unpaired) electrons. The maximum absolute atomic E-state index is 10.3. The number of aromatic nitrogens is 1. The van der Waals surface area contributed by atoms with Crippen molar-refractivity contribution < 1.29 is 14.3 Å². The van der Waals surface area contributed by atoms with Crippen molar-refractivity contribution in [2.75, 3.05) is 6.61 Å². The van der Waals surface area contributed by atoms with E-state index < -0.39 is 6.09 Å². The van der Waals surface area contributed by atoms with E-state index in [0.717, 1.165) is 3.79 Å². The van der Waals surface area contributed by atoms with Gasteiger partial charge in [0.25, 0.3) is 5.19 Å². The molecule has 0 saturated heterocycles. The minimum absolute atomic E-state index is 0.239. The molecule has 0 fully saturated rings. The Labute approximate surface area is 93.3 Å². The second-order valence-corrected chi connectivity index (χ2v) is 4.86. The van der Waals surface area contributed by atoms with Gasteiger partial charge in [-0.15, -0.1) is 0 Å². The second kappa shape index (κ2) is 5.16. The Morgan fingerprint density at radius 1 is 1.86 bits per heavy atom. The molecule has 1 rings (SSSR count). The van der Waals surface area contributed by atoms with Crippen LogP contribution >= 0.6 is 27.3 Å². The summed E-state index contributed by atoms with van der Waals surface area (Å²) in [5.74, 6) is 0. The van der Waals surface area contributed by atoms with Gasteiger partial charge in [0.2, 0.25) is 0 Å². The molecule has 1 unspecified atom stereocenters. The molecule has 0 spiro atoms. The van der Waals surface area contributed by atoms with E-state index in [1.165, 1.54) is 11.3 Å². The van der Waals surface area contributed by atoms with Crippen molar-refractivity contribution in [3.63, 3.8) is 0 Å². The van der Waals surface area contributed by atoms with Crippen LogP contribution < -0.4 is 10.5 Å². The van der Waals surface area contributed by atoms with Crippen LogP contribution in [0.3, 0.4) is 0 Å². The van der Waals surface area contributed by atoms with E-state index in [9.17, 15) is 4.79 Å². The minimum Gasteiger partial charge on any atom is -0.466 e. The largest absolute Gasteiger partial charge is 0.466 e. The van der Waals surface area contributed by atoms with Crippen LogP contribution in [0.5, 0.6) is 5.19 Å². The molecular formula is C7H9BrN2O3S. The standard InChI is InChI=1S/C7H9BrN2O3S/c1-4(13-6(9)11)3-12-7-10-2-5(8)14-7/h2,4H,3H2,1H3,(H2,9,11). The van der Waals surface area contributed by atoms with E-state index >= 15 is 0 Å². The van der Waals surface area contributed by atoms with Gasteiger partial charge < -0.3 is 15.2 Å². The van der Waals surface area contributed by atoms with Crippen molar-refractivity contribution in [3.05, 3.63) is 9.98 Å². The third-order valence-electron chi connectivity index (χ3n) is 1.22. The van der Waals surface area contributed by atoms with Gasteiger partial charge in [0.15, 0.2) is 0 Å². The molecule has 1 aromatic rings. The Morgan fingerprint density at radius 3 is 3.07 bits per heavy atom. The number of hydrogen-bond acceptors (Lipinski definition) is 5. The average molecular weight is 281 g/mol. The lowest BCUT2D eigenvalue weighted by molar-refractivity contribution is 0.0822. The van der Waals surface area contributed by atoms with Gasteiger partial charge in [-0.25, -0.2) is 9.78 Å². The summed E-state index contributed by atoms with van der Waals surface area (Å²) in [7, 11) is 0. The number of carbonyl (C=O) groups is 1. The highest BCUT2D eigenvalue weighted by Gasteiger charge is 2.08. The predicted molar refractivity (Wildman–Crippen MR) is 55.4 cm³/mol. The summed E-state index contributed by atoms with van der Waals surface area (Å²) in [6, 6.07) is 0. The highest BCUT2D eigenvalue weighted by Crippen LogP contribution is 2.25. The molecular weight excluding hydrogens is 272 g/mol. The van der Waals surface area contributed by atoms with Crippen molar-refractivity contribution in [1.82, 2.24) is 4.98 Å². The first kappa shape index (κ1) is 11.3. The maximum atomic E-state index is 10.3. The first-order valence-electron chi connectivity index (χ1n) is 3.78. The molecule has 78 valence electrons. The van der Waals surface area contributed by atoms with E-state index in [1.54, 1.807) is 13.1 Å². The number of halogens is 1. The van der Waals surface area contributed by atoms with Gasteiger partial charge >= 0.3 is 6.09 Å². The van der Waals surface area contributed by atoms with Crippen LogP contribution in [0.15, 0.2) is 9.98 Å². The number of carbonyl (C=O) groups excluding carboxylic acids is 1. The van der Waals surface area contributed by atoms with Gasteiger partial charge in [-0.05, 0) is 22.9 Å². The lowest BCUT2D eigenvalue weighted by Crippen LogP contribution is -2.25. The highest BCUT2D eigenvalue weighted by molar-refractivity contribution is 9.11. The van der Waals surface area contributed by atoms with Gasteiger partial charge in [-0.2, -0.15) is 0 Å². The predicted octanol–water partition coefficient (Wildman–Crippen LogP) is 1.77. The van der Waals surface area contributed by atoms with Crippen LogP contribution in [-0.2, 0) is 4.74 Å². The zero-order valence-electron chi connectivity index (χ0n) is 7.40. The van der Waals surface area contributed by atoms with Gasteiger partial charge in [0.1, 0.15) is 12.7 Å². The fourth-order valence-electron chi connectivity index (χ4n) is 0.727. The van der Waals surface area contributed by atoms with Crippen LogP contribution in [0.2, 0.25) is 0 Å². The van der Waals surface area contributed by atoms with E-state index in [-0.39, 0.29) is 12.7 Å². The fourth-order valence-corrected chi connectivity index (χ4v) is 1.75. The van der Waals surface area contributed by atoms with E-state index in [2.05, 4.69) is 25.7 Å². The smallest absolute Gasteiger partial charge is 0.404 e. The van der Waals surface area contributed by atoms with Crippen molar-refractivity contribution in [3.8, 4) is 5.19 Å². The number of nitrogens with two attached hydrogens (primary N) is 1. The maximum Gasteiger partial charge on any atom is 0.404 e. The zero-order chi connectivity index (χ0) is 10.6. The minimum atomic E-state index is -0.804. The van der Waals surface area contributed by atoms with Crippen LogP contribution in [0.4, 0.5) is 4.79 Å². The third kappa shape index (κ3) is 3.93. The van der Waals surface area contributed by atoms with E-state index in [4.69, 9.17) is 10.5 Å². The number of ether oxygens (including phenoxy) is 2. The Kier molecular flexibility index (Phi) is 4.15. The molecule has 1 heterocycles. The summed E-state index contributed by atoms with van der Waals surface area (Å²) in [4.78, 5) is 14.3. The molecule has 1 amide bonds. The first-order chi connectivity index (χ1) is 6.58. The Morgan fingerprint density at radius 2 is 2.57 bits per heavy atom. The molecule has 14 heavy (non-hydrogen) atoms. The summed E-state index contributed by atoms with van der Waals surface area (Å²) in [6.45, 7) is 1.93. The number of amides is 1. The molecule has 0 aromatic carbocycles. The monoisotopic (exact) mass is 280 g/mol. The average Bonchev–Trinajstić information content (AvgIpc) is 2.47. The molecule has 7 heteroatoms. The molecule has 0 saturated carbocycles. The lowest BCUT2D eigenvalue weighted by atomic mass is 10.4. The van der Waals surface area contributed by atoms with Gasteiger partial charge in [0.05, 0.1) is 9.98 Å². The van der Waals surface area contributed by atoms with E-state index in [1.807, 2.05) is 0 Å². The molecule has 1 aromatic heterocycles. The van der Waals surface area contributed by atoms with Crippen molar-refractivity contribution in [2.45, 2.75) is 13.0 Å². The number of hydrogen-bond donors (Lipinski definition) is 1. The Bertz CT molecular complexity index is 318. The van der Waals surface area contributed by atoms with Crippen LogP contribution in [0.1, 0.15) is 6.92 Å². The second-order valence-electron chi connectivity index (χ2n) is 2.49. The van der Waals surface area contributed by atoms with Crippen molar-refractivity contribution in [2.24, 2.45) is 5.73 Å². The molecule has 2 N–H and O–H groups in total. The van der Waals surface area contributed by atoms with Gasteiger partial charge in [0, 0.05) is 0 Å². The quantitative estimate of drug-likeness (QED) is 0.912. The fraction of sp³-hybridized carbons (Fsp3) is 0.429. The van der Waals surface area contributed by atoms with Gasteiger partial charge in [-0.3, -0.25) is 0 Å². The number of rotatable bonds is 4. The number of primary amides is 1. The molecule has 0 aliphatic rings. The van der Waals surface area contributed by atoms with Crippen molar-refractivity contribution >= 4 is 33.4 Å². The zero-order valence-corrected chi connectivity index (χ0v) is 9.80. The third-order valence-corrected chi connectivity index (χ3v) is 2.60. The SMILES string of the molecule is CC(COc1ncc(Br)s1)OC(N)=O. The summed E-state index contributed by atoms with van der Waals surface area (Å²) in [5, 5.41) is 0.525. The summed E-state index contributed by atoms with van der Waals surface area (Å²) >= 11 is 4.61. The molecule has 0 aliphatic heterocycles. The number of nitrogens with zero attached hydrogens (tertiary/aromatic N) is 1. The lowest BCUT2D eigenvalue weighted by Gasteiger charge is -2.10. The van der Waals surface area contributed by atoms with Crippen LogP contribution in [0.25, 0.3) is 0 Å². The molecule has 0 bridgehead atoms. The summed E-state index contributed by atoms with van der Waals surface area (Å²) in [5.41, 5.74) is 4.83. The summed E-state index contributed by atoms with van der Waals surface area (Å²) < 4.78 is 10.8. The Balaban J connectivity index is 2.30. The highest BCUT2D eigenvalue weighted by atomic mass is 79.9.